The molecular weight excluding hydrogens is 262 g/mol. The Morgan fingerprint density at radius 2 is 1.81 bits per heavy atom. The average molecular weight is 293 g/mol. The van der Waals surface area contributed by atoms with E-state index in [-0.39, 0.29) is 0 Å². The van der Waals surface area contributed by atoms with Gasteiger partial charge < -0.3 is 10.1 Å². The first-order chi connectivity index (χ1) is 10.3. The summed E-state index contributed by atoms with van der Waals surface area (Å²) in [7, 11) is 0. The molecule has 120 valence electrons. The van der Waals surface area contributed by atoms with Crippen LogP contribution in [-0.2, 0) is 6.54 Å². The number of ether oxygens (including phenoxy) is 1. The van der Waals surface area contributed by atoms with Gasteiger partial charge in [0, 0.05) is 24.0 Å². The monoisotopic (exact) mass is 293 g/mol. The van der Waals surface area contributed by atoms with Crippen molar-refractivity contribution in [3.8, 4) is 6.01 Å². The SMILES string of the molecule is CCCCCCCCOc1ncc(CNCCC)c(C)n1. The summed E-state index contributed by atoms with van der Waals surface area (Å²) >= 11 is 0. The molecule has 0 aliphatic rings. The van der Waals surface area contributed by atoms with E-state index in [0.717, 1.165) is 43.8 Å². The lowest BCUT2D eigenvalue weighted by molar-refractivity contribution is 0.280. The molecule has 0 spiro atoms. The van der Waals surface area contributed by atoms with Crippen molar-refractivity contribution < 1.29 is 4.74 Å². The van der Waals surface area contributed by atoms with Gasteiger partial charge in [0.25, 0.3) is 0 Å². The zero-order valence-electron chi connectivity index (χ0n) is 14.0. The summed E-state index contributed by atoms with van der Waals surface area (Å²) in [5, 5.41) is 3.37. The van der Waals surface area contributed by atoms with E-state index in [9.17, 15) is 0 Å². The van der Waals surface area contributed by atoms with Crippen molar-refractivity contribution in [2.75, 3.05) is 13.2 Å². The smallest absolute Gasteiger partial charge is 0.316 e. The normalized spacial score (nSPS) is 10.8. The molecule has 0 saturated heterocycles. The first-order valence-corrected chi connectivity index (χ1v) is 8.44. The quantitative estimate of drug-likeness (QED) is 0.591. The summed E-state index contributed by atoms with van der Waals surface area (Å²) < 4.78 is 5.63. The fraction of sp³-hybridized carbons (Fsp3) is 0.765. The largest absolute Gasteiger partial charge is 0.463 e. The first kappa shape index (κ1) is 17.9. The Balaban J connectivity index is 2.22. The Hall–Kier alpha value is -1.16. The van der Waals surface area contributed by atoms with Crippen LogP contribution >= 0.6 is 0 Å². The van der Waals surface area contributed by atoms with Crippen LogP contribution in [0.2, 0.25) is 0 Å². The molecule has 0 bridgehead atoms. The summed E-state index contributed by atoms with van der Waals surface area (Å²) in [5.74, 6) is 0. The van der Waals surface area contributed by atoms with Crippen LogP contribution in [0.3, 0.4) is 0 Å². The molecule has 0 aliphatic heterocycles. The summed E-state index contributed by atoms with van der Waals surface area (Å²) in [6.07, 6.45) is 10.6. The molecule has 1 rings (SSSR count). The van der Waals surface area contributed by atoms with Crippen LogP contribution in [0.4, 0.5) is 0 Å². The molecule has 0 amide bonds. The summed E-state index contributed by atoms with van der Waals surface area (Å²) in [5.41, 5.74) is 2.15. The standard InChI is InChI=1S/C17H31N3O/c1-4-6-7-8-9-10-12-21-17-19-14-16(15(3)20-17)13-18-11-5-2/h14,18H,4-13H2,1-3H3. The number of hydrogen-bond acceptors (Lipinski definition) is 4. The number of nitrogens with zero attached hydrogens (tertiary/aromatic N) is 2. The molecule has 1 aromatic rings. The van der Waals surface area contributed by atoms with Crippen LogP contribution in [0.5, 0.6) is 6.01 Å². The number of nitrogens with one attached hydrogen (secondary N) is 1. The van der Waals surface area contributed by atoms with E-state index in [4.69, 9.17) is 4.74 Å². The van der Waals surface area contributed by atoms with Crippen molar-refractivity contribution in [1.82, 2.24) is 15.3 Å². The molecule has 21 heavy (non-hydrogen) atoms. The molecule has 0 radical (unpaired) electrons. The molecule has 0 fully saturated rings. The number of aryl methyl sites for hydroxylation is 1. The van der Waals surface area contributed by atoms with Gasteiger partial charge in [-0.15, -0.1) is 0 Å². The third-order valence-electron chi connectivity index (χ3n) is 3.53. The highest BCUT2D eigenvalue weighted by Gasteiger charge is 2.04. The number of rotatable bonds is 12. The molecule has 1 heterocycles. The van der Waals surface area contributed by atoms with E-state index in [1.54, 1.807) is 0 Å². The van der Waals surface area contributed by atoms with Crippen molar-refractivity contribution in [3.63, 3.8) is 0 Å². The highest BCUT2D eigenvalue weighted by Crippen LogP contribution is 2.10. The van der Waals surface area contributed by atoms with Crippen molar-refractivity contribution in [2.24, 2.45) is 0 Å². The third-order valence-corrected chi connectivity index (χ3v) is 3.53. The van der Waals surface area contributed by atoms with E-state index in [1.807, 2.05) is 13.1 Å². The highest BCUT2D eigenvalue weighted by atomic mass is 16.5. The van der Waals surface area contributed by atoms with Gasteiger partial charge in [0.15, 0.2) is 0 Å². The number of unbranched alkanes of at least 4 members (excludes halogenated alkanes) is 5. The van der Waals surface area contributed by atoms with Crippen LogP contribution in [0, 0.1) is 6.92 Å². The van der Waals surface area contributed by atoms with Crippen LogP contribution in [0.25, 0.3) is 0 Å². The van der Waals surface area contributed by atoms with Gasteiger partial charge in [-0.3, -0.25) is 0 Å². The Kier molecular flexibility index (Phi) is 9.79. The molecule has 0 unspecified atom stereocenters. The van der Waals surface area contributed by atoms with Gasteiger partial charge in [0.05, 0.1) is 6.61 Å². The Labute approximate surface area is 129 Å². The highest BCUT2D eigenvalue weighted by molar-refractivity contribution is 5.17. The Morgan fingerprint density at radius 1 is 1.05 bits per heavy atom. The summed E-state index contributed by atoms with van der Waals surface area (Å²) in [4.78, 5) is 8.72. The Morgan fingerprint density at radius 3 is 2.52 bits per heavy atom. The maximum atomic E-state index is 5.63. The zero-order valence-corrected chi connectivity index (χ0v) is 14.0. The van der Waals surface area contributed by atoms with Gasteiger partial charge in [-0.1, -0.05) is 46.0 Å². The lowest BCUT2D eigenvalue weighted by atomic mass is 10.1. The van der Waals surface area contributed by atoms with Crippen molar-refractivity contribution in [1.29, 1.82) is 0 Å². The molecule has 0 atom stereocenters. The topological polar surface area (TPSA) is 47.0 Å². The molecule has 1 aromatic heterocycles. The Bertz CT molecular complexity index is 382. The summed E-state index contributed by atoms with van der Waals surface area (Å²) in [6, 6.07) is 0.514. The van der Waals surface area contributed by atoms with E-state index in [1.165, 1.54) is 32.1 Å². The minimum Gasteiger partial charge on any atom is -0.463 e. The van der Waals surface area contributed by atoms with Gasteiger partial charge in [-0.2, -0.15) is 0 Å². The van der Waals surface area contributed by atoms with Crippen LogP contribution in [-0.4, -0.2) is 23.1 Å². The number of aromatic nitrogens is 2. The molecule has 4 nitrogen and oxygen atoms in total. The average Bonchev–Trinajstić information content (AvgIpc) is 2.48. The fourth-order valence-corrected chi connectivity index (χ4v) is 2.16. The van der Waals surface area contributed by atoms with E-state index >= 15 is 0 Å². The molecule has 1 N–H and O–H groups in total. The van der Waals surface area contributed by atoms with Gasteiger partial charge in [-0.25, -0.2) is 9.97 Å². The molecular formula is C17H31N3O. The molecule has 0 aliphatic carbocycles. The van der Waals surface area contributed by atoms with Gasteiger partial charge in [0.1, 0.15) is 0 Å². The minimum atomic E-state index is 0.514. The van der Waals surface area contributed by atoms with Crippen molar-refractivity contribution in [2.45, 2.75) is 72.3 Å². The van der Waals surface area contributed by atoms with E-state index in [0.29, 0.717) is 6.01 Å². The fourth-order valence-electron chi connectivity index (χ4n) is 2.16. The van der Waals surface area contributed by atoms with Gasteiger partial charge in [0.2, 0.25) is 0 Å². The summed E-state index contributed by atoms with van der Waals surface area (Å²) in [6.45, 7) is 8.99. The predicted molar refractivity (Wildman–Crippen MR) is 87.6 cm³/mol. The first-order valence-electron chi connectivity index (χ1n) is 8.44. The van der Waals surface area contributed by atoms with Crippen molar-refractivity contribution >= 4 is 0 Å². The van der Waals surface area contributed by atoms with Crippen molar-refractivity contribution in [3.05, 3.63) is 17.5 Å². The molecule has 0 aromatic carbocycles. The maximum Gasteiger partial charge on any atom is 0.316 e. The lowest BCUT2D eigenvalue weighted by Gasteiger charge is -2.08. The third kappa shape index (κ3) is 8.00. The van der Waals surface area contributed by atoms with Gasteiger partial charge in [-0.05, 0) is 26.3 Å². The maximum absolute atomic E-state index is 5.63. The molecule has 4 heteroatoms. The minimum absolute atomic E-state index is 0.514. The lowest BCUT2D eigenvalue weighted by Crippen LogP contribution is -2.15. The molecule has 0 saturated carbocycles. The number of hydrogen-bond donors (Lipinski definition) is 1. The van der Waals surface area contributed by atoms with Crippen LogP contribution < -0.4 is 10.1 Å². The second-order valence-corrected chi connectivity index (χ2v) is 5.56. The van der Waals surface area contributed by atoms with Crippen LogP contribution in [0.1, 0.15) is 70.1 Å². The predicted octanol–water partition coefficient (Wildman–Crippen LogP) is 4.02. The van der Waals surface area contributed by atoms with E-state index < -0.39 is 0 Å². The second kappa shape index (κ2) is 11.5. The zero-order chi connectivity index (χ0) is 15.3. The van der Waals surface area contributed by atoms with Gasteiger partial charge >= 0.3 is 6.01 Å². The van der Waals surface area contributed by atoms with Crippen LogP contribution in [0.15, 0.2) is 6.20 Å². The van der Waals surface area contributed by atoms with E-state index in [2.05, 4.69) is 29.1 Å². The second-order valence-electron chi connectivity index (χ2n) is 5.56.